The number of furan rings is 3. The van der Waals surface area contributed by atoms with Crippen molar-refractivity contribution in [2.75, 3.05) is 0 Å². The first-order chi connectivity index (χ1) is 64.5. The number of hydrogen-bond acceptors (Lipinski definition) is 11. The molecule has 23 rings (SSSR count). The van der Waals surface area contributed by atoms with Gasteiger partial charge in [0, 0.05) is 146 Å². The van der Waals surface area contributed by atoms with Crippen molar-refractivity contribution in [2.45, 2.75) is 46.5 Å². The topological polar surface area (TPSA) is 143 Å². The maximum absolute atomic E-state index is 12.9. The molecule has 0 amide bonds. The molecule has 16 heteroatoms. The van der Waals surface area contributed by atoms with Crippen LogP contribution in [0.2, 0.25) is 0 Å². The first kappa shape index (κ1) is 99.8. The van der Waals surface area contributed by atoms with Crippen LogP contribution >= 0.6 is 0 Å². The Balaban J connectivity index is 0.000000140. The van der Waals surface area contributed by atoms with Crippen LogP contribution in [0.15, 0.2) is 439 Å². The number of halogens is 1. The Morgan fingerprint density at radius 1 is 0.237 bits per heavy atom. The number of pyridine rings is 8. The van der Waals surface area contributed by atoms with Gasteiger partial charge in [0.25, 0.3) is 0 Å². The number of benzene rings is 12. The van der Waals surface area contributed by atoms with Gasteiger partial charge in [-0.15, -0.1) is 234 Å². The summed E-state index contributed by atoms with van der Waals surface area (Å²) in [5.74, 6) is 0.709. The Morgan fingerprint density at radius 3 is 0.837 bits per heavy atom. The average molecular weight is 2460 g/mol. The molecular weight excluding hydrogens is 2380 g/mol. The van der Waals surface area contributed by atoms with Gasteiger partial charge in [-0.1, -0.05) is 223 Å². The fourth-order valence-electron chi connectivity index (χ4n) is 14.4. The van der Waals surface area contributed by atoms with Crippen LogP contribution in [0.1, 0.15) is 56.2 Å². The van der Waals surface area contributed by atoms with Gasteiger partial charge in [0.15, 0.2) is 0 Å². The van der Waals surface area contributed by atoms with Crippen molar-refractivity contribution in [1.29, 1.82) is 0 Å². The number of fused-ring (bicyclic) bond motifs is 9. The summed E-state index contributed by atoms with van der Waals surface area (Å²) >= 11 is 0. The predicted molar refractivity (Wildman–Crippen MR) is 528 cm³/mol. The molecule has 4 radical (unpaired) electrons. The third-order valence-corrected chi connectivity index (χ3v) is 21.1. The number of hydrogen-bond donors (Lipinski definition) is 0. The van der Waals surface area contributed by atoms with Crippen LogP contribution in [0.4, 0.5) is 4.39 Å². The number of rotatable bonds is 11. The molecule has 0 saturated heterocycles. The van der Waals surface area contributed by atoms with Crippen LogP contribution < -0.4 is 0 Å². The van der Waals surface area contributed by atoms with Crippen molar-refractivity contribution in [3.63, 3.8) is 0 Å². The van der Waals surface area contributed by atoms with Crippen molar-refractivity contribution >= 4 is 65.8 Å². The van der Waals surface area contributed by atoms with Crippen molar-refractivity contribution in [3.05, 3.63) is 497 Å². The minimum atomic E-state index is -0.229. The van der Waals surface area contributed by atoms with Crippen molar-refractivity contribution < 1.29 is 98.1 Å². The van der Waals surface area contributed by atoms with E-state index in [1.807, 2.05) is 317 Å². The van der Waals surface area contributed by atoms with Crippen LogP contribution in [0.25, 0.3) is 167 Å². The van der Waals surface area contributed by atoms with E-state index in [0.29, 0.717) is 11.8 Å². The monoisotopic (exact) mass is 2470 g/mol. The molecule has 0 aliphatic rings. The summed E-state index contributed by atoms with van der Waals surface area (Å²) in [6, 6.07) is 147. The van der Waals surface area contributed by atoms with E-state index in [0.717, 1.165) is 167 Å². The molecule has 11 nitrogen and oxygen atoms in total. The van der Waals surface area contributed by atoms with Crippen LogP contribution in [0, 0.1) is 61.3 Å². The Bertz CT molecular complexity index is 7060. The second-order valence-electron chi connectivity index (χ2n) is 30.7. The van der Waals surface area contributed by atoms with E-state index in [-0.39, 0.29) is 86.2 Å². The van der Waals surface area contributed by atoms with E-state index in [9.17, 15) is 4.39 Å². The number of aromatic nitrogens is 8. The standard InChI is InChI=1S/2C20H16NO.C17H11FN.C17H10NO.C12H10N.3C11H8N.4Ir/c2*1-13(2)14-10-11-21-18(12-14)17-8-5-7-16-15-6-3-4-9-19(15)22-20(16)17;18-16-9-6-13(7-10-16)15-8-11-17(19-12-15)14-4-2-1-3-5-14;1-2-10-16-12(6-1)13-7-5-8-14(17(13)19-16)15-9-3-4-11-18-15;1-10-7-8-12(13-9-10)11-5-3-2-4-6-11;3*1-2-6-10(7-3-1)11-8-4-5-9-12-11;;;;/h2*3-7,9-13H,1-2H3;1-4,6-12H;1-7,9-11H;2-5,7-9H,1H3;3*1-6,8-9H;;;;/q8*-1;;;;. The number of nitrogens with zero attached hydrogens (tertiary/aromatic N) is 8. The molecule has 0 fully saturated rings. The number of aryl methyl sites for hydroxylation is 1. The summed E-state index contributed by atoms with van der Waals surface area (Å²) in [6.07, 6.45) is 14.5. The zero-order valence-electron chi connectivity index (χ0n) is 74.1. The van der Waals surface area contributed by atoms with E-state index >= 15 is 0 Å². The molecule has 11 heterocycles. The second-order valence-corrected chi connectivity index (χ2v) is 30.7. The first-order valence-corrected chi connectivity index (χ1v) is 43.0. The third-order valence-electron chi connectivity index (χ3n) is 21.1. The quantitative estimate of drug-likeness (QED) is 0.114. The van der Waals surface area contributed by atoms with E-state index in [4.69, 9.17) is 13.3 Å². The van der Waals surface area contributed by atoms with Crippen LogP contribution in [-0.4, -0.2) is 39.9 Å². The summed E-state index contributed by atoms with van der Waals surface area (Å²) in [6.45, 7) is 10.8. The van der Waals surface area contributed by atoms with Crippen LogP contribution in [0.3, 0.4) is 0 Å². The maximum Gasteiger partial charge on any atom is 0.123 e. The fourth-order valence-corrected chi connectivity index (χ4v) is 14.4. The number of para-hydroxylation sites is 3. The molecule has 0 atom stereocenters. The molecule has 0 aliphatic carbocycles. The van der Waals surface area contributed by atoms with Gasteiger partial charge in [-0.25, -0.2) is 4.39 Å². The van der Waals surface area contributed by atoms with Gasteiger partial charge in [-0.05, 0) is 148 Å². The normalized spacial score (nSPS) is 10.3. The molecule has 0 N–H and O–H groups in total. The van der Waals surface area contributed by atoms with Gasteiger partial charge in [0.1, 0.15) is 22.6 Å². The third kappa shape index (κ3) is 26.4. The summed E-state index contributed by atoms with van der Waals surface area (Å²) < 4.78 is 31.0. The molecule has 0 bridgehead atoms. The molecule has 12 aromatic carbocycles. The molecule has 0 saturated carbocycles. The average Bonchev–Trinajstić information content (AvgIpc) is 1.66. The first-order valence-electron chi connectivity index (χ1n) is 43.0. The summed E-state index contributed by atoms with van der Waals surface area (Å²) in [7, 11) is 0. The van der Waals surface area contributed by atoms with E-state index in [2.05, 4.69) is 177 Å². The van der Waals surface area contributed by atoms with E-state index in [1.165, 1.54) is 28.8 Å². The van der Waals surface area contributed by atoms with Gasteiger partial charge >= 0.3 is 0 Å². The Morgan fingerprint density at radius 2 is 0.533 bits per heavy atom. The predicted octanol–water partition coefficient (Wildman–Crippen LogP) is 30.4. The second kappa shape index (κ2) is 50.6. The smallest absolute Gasteiger partial charge is 0.123 e. The van der Waals surface area contributed by atoms with Gasteiger partial charge in [-0.2, -0.15) is 0 Å². The Labute approximate surface area is 840 Å². The summed E-state index contributed by atoms with van der Waals surface area (Å²) in [5.41, 5.74) is 26.3. The molecule has 672 valence electrons. The van der Waals surface area contributed by atoms with E-state index < -0.39 is 0 Å². The SMILES string of the molecule is CC(C)c1ccnc(-c2[c-]ccc3c2oc2ccccc23)c1.CC(C)c1ccnc(-c2[c-]ccc3c2oc2ccccc23)c1.Cc1ccc(-c2[c-]cccc2)nc1.Fc1ccc(-c2ccc(-c3[c-]cccc3)nc2)cc1.[Ir].[Ir].[Ir].[Ir].[c-]1ccc2c(oc3ccccc32)c1-c1ccccn1.[c-]1ccccc1-c1ccccn1.[c-]1ccccc1-c1ccccn1.[c-]1ccccc1-c1ccccn1. The van der Waals surface area contributed by atoms with Gasteiger partial charge in [0.05, 0.1) is 16.7 Å². The van der Waals surface area contributed by atoms with Gasteiger partial charge in [0.2, 0.25) is 0 Å². The molecule has 0 aliphatic heterocycles. The Kier molecular flexibility index (Phi) is 37.4. The van der Waals surface area contributed by atoms with Crippen LogP contribution in [-0.2, 0) is 80.4 Å². The molecule has 0 unspecified atom stereocenters. The minimum Gasteiger partial charge on any atom is -0.501 e. The molecule has 135 heavy (non-hydrogen) atoms. The van der Waals surface area contributed by atoms with Gasteiger partial charge < -0.3 is 53.1 Å². The largest absolute Gasteiger partial charge is 0.501 e. The minimum absolute atomic E-state index is 0. The maximum atomic E-state index is 12.9. The zero-order chi connectivity index (χ0) is 89.7. The fraction of sp³-hybridized carbons (Fsp3) is 0.0588. The zero-order valence-corrected chi connectivity index (χ0v) is 83.7. The van der Waals surface area contributed by atoms with Crippen molar-refractivity contribution in [1.82, 2.24) is 39.9 Å². The van der Waals surface area contributed by atoms with Crippen molar-refractivity contribution in [2.24, 2.45) is 0 Å². The van der Waals surface area contributed by atoms with Gasteiger partial charge in [-0.3, -0.25) is 0 Å². The molecule has 0 spiro atoms. The van der Waals surface area contributed by atoms with Crippen molar-refractivity contribution in [3.8, 4) is 101 Å². The Hall–Kier alpha value is -14.2. The molecule has 23 aromatic rings. The van der Waals surface area contributed by atoms with E-state index in [1.54, 1.807) is 43.1 Å². The molecular formula is C119H87FIr4N8O3-8. The molecule has 11 aromatic heterocycles. The summed E-state index contributed by atoms with van der Waals surface area (Å²) in [4.78, 5) is 34.8. The van der Waals surface area contributed by atoms with Crippen LogP contribution in [0.5, 0.6) is 0 Å². The summed E-state index contributed by atoms with van der Waals surface area (Å²) in [5, 5.41) is 6.72.